The van der Waals surface area contributed by atoms with Crippen molar-refractivity contribution in [3.05, 3.63) is 64.1 Å². The van der Waals surface area contributed by atoms with Gasteiger partial charge in [-0.3, -0.25) is 4.79 Å². The van der Waals surface area contributed by atoms with Gasteiger partial charge in [-0.2, -0.15) is 0 Å². The predicted molar refractivity (Wildman–Crippen MR) is 62.9 cm³/mol. The Morgan fingerprint density at radius 2 is 1.94 bits per heavy atom. The molecule has 1 aromatic carbocycles. The van der Waals surface area contributed by atoms with Gasteiger partial charge in [0.1, 0.15) is 5.75 Å². The Bertz CT molecular complexity index is 514. The lowest BCUT2D eigenvalue weighted by atomic mass is 10.1. The van der Waals surface area contributed by atoms with Crippen molar-refractivity contribution in [1.29, 1.82) is 0 Å². The van der Waals surface area contributed by atoms with Crippen molar-refractivity contribution in [3.8, 4) is 5.75 Å². The molecule has 3 heteroatoms. The zero-order chi connectivity index (χ0) is 11.4. The first-order chi connectivity index (χ1) is 7.79. The molecule has 1 aromatic heterocycles. The Morgan fingerprint density at radius 3 is 2.56 bits per heavy atom. The molecule has 0 amide bonds. The molecule has 1 heterocycles. The molecule has 0 radical (unpaired) electrons. The Kier molecular flexibility index (Phi) is 3.05. The predicted octanol–water partition coefficient (Wildman–Crippen LogP) is 1.97. The summed E-state index contributed by atoms with van der Waals surface area (Å²) in [5, 5.41) is 0. The minimum absolute atomic E-state index is 0.0644. The Labute approximate surface area is 93.7 Å². The van der Waals surface area contributed by atoms with Gasteiger partial charge in [0.25, 0.3) is 0 Å². The SMILES string of the molecule is COc1ccc(Cc2c[nH]ccc2=O)cc1. The van der Waals surface area contributed by atoms with Crippen LogP contribution >= 0.6 is 0 Å². The van der Waals surface area contributed by atoms with Gasteiger partial charge in [0.15, 0.2) is 5.43 Å². The summed E-state index contributed by atoms with van der Waals surface area (Å²) >= 11 is 0. The minimum atomic E-state index is 0.0644. The number of aromatic nitrogens is 1. The second-order valence-corrected chi connectivity index (χ2v) is 3.56. The highest BCUT2D eigenvalue weighted by molar-refractivity contribution is 5.30. The summed E-state index contributed by atoms with van der Waals surface area (Å²) in [5.74, 6) is 0.825. The number of benzene rings is 1. The molecule has 0 aliphatic carbocycles. The number of methoxy groups -OCH3 is 1. The van der Waals surface area contributed by atoms with Crippen LogP contribution in [0.3, 0.4) is 0 Å². The molecule has 82 valence electrons. The molecule has 0 saturated heterocycles. The Morgan fingerprint density at radius 1 is 1.19 bits per heavy atom. The second-order valence-electron chi connectivity index (χ2n) is 3.56. The Hall–Kier alpha value is -2.03. The van der Waals surface area contributed by atoms with Gasteiger partial charge in [-0.05, 0) is 17.7 Å². The number of H-pyrrole nitrogens is 1. The maximum atomic E-state index is 11.5. The lowest BCUT2D eigenvalue weighted by Gasteiger charge is -2.03. The summed E-state index contributed by atoms with van der Waals surface area (Å²) in [7, 11) is 1.64. The van der Waals surface area contributed by atoms with Crippen molar-refractivity contribution < 1.29 is 4.74 Å². The molecule has 3 nitrogen and oxygen atoms in total. The topological polar surface area (TPSA) is 42.1 Å². The van der Waals surface area contributed by atoms with Gasteiger partial charge in [0.05, 0.1) is 7.11 Å². The van der Waals surface area contributed by atoms with E-state index in [4.69, 9.17) is 4.74 Å². The molecular weight excluding hydrogens is 202 g/mol. The normalized spacial score (nSPS) is 10.1. The van der Waals surface area contributed by atoms with Crippen LogP contribution in [0.2, 0.25) is 0 Å². The molecule has 0 aliphatic rings. The fourth-order valence-corrected chi connectivity index (χ4v) is 1.55. The summed E-state index contributed by atoms with van der Waals surface area (Å²) in [6.07, 6.45) is 4.02. The lowest BCUT2D eigenvalue weighted by molar-refractivity contribution is 0.414. The quantitative estimate of drug-likeness (QED) is 0.850. The van der Waals surface area contributed by atoms with E-state index < -0.39 is 0 Å². The summed E-state index contributed by atoms with van der Waals surface area (Å²) in [6.45, 7) is 0. The number of rotatable bonds is 3. The van der Waals surface area contributed by atoms with Gasteiger partial charge in [0.2, 0.25) is 0 Å². The maximum Gasteiger partial charge on any atom is 0.185 e. The van der Waals surface area contributed by atoms with Crippen LogP contribution in [0.4, 0.5) is 0 Å². The molecule has 2 rings (SSSR count). The van der Waals surface area contributed by atoms with Crippen LogP contribution in [0.5, 0.6) is 5.75 Å². The lowest BCUT2D eigenvalue weighted by Crippen LogP contribution is -2.07. The molecule has 0 spiro atoms. The van der Waals surface area contributed by atoms with Crippen molar-refractivity contribution >= 4 is 0 Å². The van der Waals surface area contributed by atoms with Gasteiger partial charge in [-0.15, -0.1) is 0 Å². The molecule has 0 aliphatic heterocycles. The Balaban J connectivity index is 2.21. The average molecular weight is 215 g/mol. The zero-order valence-electron chi connectivity index (χ0n) is 9.07. The highest BCUT2D eigenvalue weighted by Gasteiger charge is 2.00. The molecule has 0 bridgehead atoms. The van der Waals surface area contributed by atoms with Crippen LogP contribution in [0.15, 0.2) is 47.5 Å². The van der Waals surface area contributed by atoms with E-state index >= 15 is 0 Å². The van der Waals surface area contributed by atoms with Crippen LogP contribution in [0, 0.1) is 0 Å². The first kappa shape index (κ1) is 10.5. The van der Waals surface area contributed by atoms with Gasteiger partial charge in [-0.25, -0.2) is 0 Å². The van der Waals surface area contributed by atoms with E-state index in [0.717, 1.165) is 16.9 Å². The van der Waals surface area contributed by atoms with Crippen LogP contribution in [0.25, 0.3) is 0 Å². The molecule has 0 atom stereocenters. The molecule has 0 saturated carbocycles. The summed E-state index contributed by atoms with van der Waals surface area (Å²) < 4.78 is 5.08. The van der Waals surface area contributed by atoms with Crippen molar-refractivity contribution in [2.75, 3.05) is 7.11 Å². The first-order valence-electron chi connectivity index (χ1n) is 5.08. The third-order valence-corrected chi connectivity index (χ3v) is 2.46. The van der Waals surface area contributed by atoms with E-state index in [2.05, 4.69) is 4.98 Å². The number of aromatic amines is 1. The number of ether oxygens (including phenoxy) is 1. The van der Waals surface area contributed by atoms with E-state index in [9.17, 15) is 4.79 Å². The number of pyridine rings is 1. The number of hydrogen-bond donors (Lipinski definition) is 1. The van der Waals surface area contributed by atoms with Crippen molar-refractivity contribution in [2.45, 2.75) is 6.42 Å². The van der Waals surface area contributed by atoms with E-state index in [1.54, 1.807) is 25.6 Å². The first-order valence-corrected chi connectivity index (χ1v) is 5.08. The molecular formula is C13H13NO2. The van der Waals surface area contributed by atoms with Crippen LogP contribution in [-0.4, -0.2) is 12.1 Å². The smallest absolute Gasteiger partial charge is 0.185 e. The third kappa shape index (κ3) is 2.31. The average Bonchev–Trinajstić information content (AvgIpc) is 2.33. The van der Waals surface area contributed by atoms with Crippen LogP contribution < -0.4 is 10.2 Å². The fourth-order valence-electron chi connectivity index (χ4n) is 1.55. The monoisotopic (exact) mass is 215 g/mol. The molecule has 0 fully saturated rings. The second kappa shape index (κ2) is 4.66. The summed E-state index contributed by atoms with van der Waals surface area (Å²) in [5.41, 5.74) is 1.93. The van der Waals surface area contributed by atoms with Crippen molar-refractivity contribution in [1.82, 2.24) is 4.98 Å². The van der Waals surface area contributed by atoms with Gasteiger partial charge >= 0.3 is 0 Å². The van der Waals surface area contributed by atoms with Gasteiger partial charge in [-0.1, -0.05) is 12.1 Å². The zero-order valence-corrected chi connectivity index (χ0v) is 9.07. The van der Waals surface area contributed by atoms with E-state index in [1.807, 2.05) is 24.3 Å². The van der Waals surface area contributed by atoms with Crippen LogP contribution in [0.1, 0.15) is 11.1 Å². The van der Waals surface area contributed by atoms with Crippen molar-refractivity contribution in [3.63, 3.8) is 0 Å². The van der Waals surface area contributed by atoms with E-state index in [-0.39, 0.29) is 5.43 Å². The standard InChI is InChI=1S/C13H13NO2/c1-16-12-4-2-10(3-5-12)8-11-9-14-7-6-13(11)15/h2-7,9H,8H2,1H3,(H,14,15). The highest BCUT2D eigenvalue weighted by Crippen LogP contribution is 2.13. The minimum Gasteiger partial charge on any atom is -0.497 e. The van der Waals surface area contributed by atoms with Gasteiger partial charge in [0, 0.05) is 30.4 Å². The summed E-state index contributed by atoms with van der Waals surface area (Å²) in [6, 6.07) is 9.26. The van der Waals surface area contributed by atoms with E-state index in [0.29, 0.717) is 6.42 Å². The molecule has 1 N–H and O–H groups in total. The summed E-state index contributed by atoms with van der Waals surface area (Å²) in [4.78, 5) is 14.4. The van der Waals surface area contributed by atoms with Crippen molar-refractivity contribution in [2.24, 2.45) is 0 Å². The highest BCUT2D eigenvalue weighted by atomic mass is 16.5. The molecule has 16 heavy (non-hydrogen) atoms. The number of hydrogen-bond acceptors (Lipinski definition) is 2. The largest absolute Gasteiger partial charge is 0.497 e. The van der Waals surface area contributed by atoms with Crippen LogP contribution in [-0.2, 0) is 6.42 Å². The fraction of sp³-hybridized carbons (Fsp3) is 0.154. The third-order valence-electron chi connectivity index (χ3n) is 2.46. The molecule has 0 unspecified atom stereocenters. The molecule has 2 aromatic rings. The van der Waals surface area contributed by atoms with E-state index in [1.165, 1.54) is 0 Å². The number of nitrogens with one attached hydrogen (secondary N) is 1. The van der Waals surface area contributed by atoms with Gasteiger partial charge < -0.3 is 9.72 Å². The maximum absolute atomic E-state index is 11.5.